The van der Waals surface area contributed by atoms with Crippen LogP contribution in [0.1, 0.15) is 16.1 Å². The molecule has 0 aliphatic carbocycles. The summed E-state index contributed by atoms with van der Waals surface area (Å²) >= 11 is 0. The highest BCUT2D eigenvalue weighted by Crippen LogP contribution is 2.21. The maximum atomic E-state index is 12.0. The Morgan fingerprint density at radius 3 is 2.89 bits per heavy atom. The van der Waals surface area contributed by atoms with Crippen molar-refractivity contribution in [3.8, 4) is 5.75 Å². The average molecular weight is 257 g/mol. The fourth-order valence-electron chi connectivity index (χ4n) is 1.66. The summed E-state index contributed by atoms with van der Waals surface area (Å²) in [5.74, 6) is 0.237. The number of nitrogen functional groups attached to an aromatic ring is 1. The van der Waals surface area contributed by atoms with E-state index in [1.807, 2.05) is 18.2 Å². The first kappa shape index (κ1) is 12.9. The molecule has 3 N–H and O–H groups in total. The molecule has 0 radical (unpaired) electrons. The number of carbonyl (C=O) groups excluding carboxylic acids is 1. The molecule has 0 unspecified atom stereocenters. The molecule has 5 heteroatoms. The third-order valence-electron chi connectivity index (χ3n) is 2.63. The molecular formula is C14H15N3O2. The van der Waals surface area contributed by atoms with Gasteiger partial charge in [0.25, 0.3) is 5.91 Å². The Kier molecular flexibility index (Phi) is 3.97. The van der Waals surface area contributed by atoms with Crippen molar-refractivity contribution >= 4 is 11.6 Å². The molecule has 0 fully saturated rings. The van der Waals surface area contributed by atoms with E-state index in [9.17, 15) is 4.79 Å². The summed E-state index contributed by atoms with van der Waals surface area (Å²) < 4.78 is 5.14. The van der Waals surface area contributed by atoms with E-state index >= 15 is 0 Å². The SMILES string of the molecule is COc1cc(N)ccc1C(=O)NCc1ccccn1. The van der Waals surface area contributed by atoms with Gasteiger partial charge in [-0.2, -0.15) is 0 Å². The molecule has 2 aromatic rings. The van der Waals surface area contributed by atoms with Crippen LogP contribution < -0.4 is 15.8 Å². The molecule has 1 amide bonds. The van der Waals surface area contributed by atoms with Crippen LogP contribution in [0.25, 0.3) is 0 Å². The first-order valence-electron chi connectivity index (χ1n) is 5.82. The molecular weight excluding hydrogens is 242 g/mol. The Hall–Kier alpha value is -2.56. The predicted octanol–water partition coefficient (Wildman–Crippen LogP) is 1.60. The zero-order valence-electron chi connectivity index (χ0n) is 10.6. The first-order valence-corrected chi connectivity index (χ1v) is 5.82. The van der Waals surface area contributed by atoms with Crippen molar-refractivity contribution in [1.82, 2.24) is 10.3 Å². The van der Waals surface area contributed by atoms with Gasteiger partial charge in [-0.05, 0) is 24.3 Å². The Bertz CT molecular complexity index is 570. The lowest BCUT2D eigenvalue weighted by Crippen LogP contribution is -2.23. The van der Waals surface area contributed by atoms with Crippen molar-refractivity contribution in [3.05, 3.63) is 53.9 Å². The van der Waals surface area contributed by atoms with E-state index in [0.29, 0.717) is 23.5 Å². The monoisotopic (exact) mass is 257 g/mol. The fourth-order valence-corrected chi connectivity index (χ4v) is 1.66. The second-order valence-corrected chi connectivity index (χ2v) is 3.96. The van der Waals surface area contributed by atoms with Gasteiger partial charge in [-0.3, -0.25) is 9.78 Å². The van der Waals surface area contributed by atoms with Crippen LogP contribution in [0.4, 0.5) is 5.69 Å². The molecule has 1 aromatic carbocycles. The first-order chi connectivity index (χ1) is 9.20. The molecule has 19 heavy (non-hydrogen) atoms. The van der Waals surface area contributed by atoms with Crippen LogP contribution in [0.3, 0.4) is 0 Å². The molecule has 1 aromatic heterocycles. The number of rotatable bonds is 4. The van der Waals surface area contributed by atoms with Crippen molar-refractivity contribution in [3.63, 3.8) is 0 Å². The zero-order chi connectivity index (χ0) is 13.7. The van der Waals surface area contributed by atoms with Crippen LogP contribution in [0.5, 0.6) is 5.75 Å². The van der Waals surface area contributed by atoms with E-state index in [1.54, 1.807) is 24.4 Å². The number of ether oxygens (including phenoxy) is 1. The number of hydrogen-bond donors (Lipinski definition) is 2. The van der Waals surface area contributed by atoms with Crippen LogP contribution in [0.15, 0.2) is 42.6 Å². The largest absolute Gasteiger partial charge is 0.496 e. The number of aromatic nitrogens is 1. The Balaban J connectivity index is 2.08. The van der Waals surface area contributed by atoms with Crippen LogP contribution in [0.2, 0.25) is 0 Å². The van der Waals surface area contributed by atoms with E-state index < -0.39 is 0 Å². The highest BCUT2D eigenvalue weighted by Gasteiger charge is 2.12. The minimum atomic E-state index is -0.220. The van der Waals surface area contributed by atoms with E-state index in [1.165, 1.54) is 7.11 Å². The number of nitrogens with two attached hydrogens (primary N) is 1. The molecule has 0 bridgehead atoms. The third-order valence-corrected chi connectivity index (χ3v) is 2.63. The number of pyridine rings is 1. The van der Waals surface area contributed by atoms with Gasteiger partial charge < -0.3 is 15.8 Å². The number of nitrogens with zero attached hydrogens (tertiary/aromatic N) is 1. The van der Waals surface area contributed by atoms with Gasteiger partial charge in [-0.15, -0.1) is 0 Å². The number of anilines is 1. The number of nitrogens with one attached hydrogen (secondary N) is 1. The van der Waals surface area contributed by atoms with Gasteiger partial charge in [0, 0.05) is 18.0 Å². The molecule has 98 valence electrons. The average Bonchev–Trinajstić information content (AvgIpc) is 2.45. The van der Waals surface area contributed by atoms with Crippen LogP contribution in [-0.2, 0) is 6.54 Å². The van der Waals surface area contributed by atoms with Gasteiger partial charge in [0.05, 0.1) is 24.9 Å². The Morgan fingerprint density at radius 1 is 1.37 bits per heavy atom. The minimum Gasteiger partial charge on any atom is -0.496 e. The van der Waals surface area contributed by atoms with Crippen molar-refractivity contribution in [2.45, 2.75) is 6.54 Å². The van der Waals surface area contributed by atoms with E-state index in [2.05, 4.69) is 10.3 Å². The number of benzene rings is 1. The van der Waals surface area contributed by atoms with E-state index in [-0.39, 0.29) is 5.91 Å². The highest BCUT2D eigenvalue weighted by atomic mass is 16.5. The van der Waals surface area contributed by atoms with E-state index in [0.717, 1.165) is 5.69 Å². The van der Waals surface area contributed by atoms with E-state index in [4.69, 9.17) is 10.5 Å². The summed E-state index contributed by atoms with van der Waals surface area (Å²) in [6, 6.07) is 10.5. The fraction of sp³-hybridized carbons (Fsp3) is 0.143. The molecule has 0 saturated carbocycles. The topological polar surface area (TPSA) is 77.2 Å². The maximum absolute atomic E-state index is 12.0. The lowest BCUT2D eigenvalue weighted by Gasteiger charge is -2.09. The van der Waals surface area contributed by atoms with Crippen LogP contribution in [-0.4, -0.2) is 18.0 Å². The molecule has 0 spiro atoms. The summed E-state index contributed by atoms with van der Waals surface area (Å²) in [5.41, 5.74) is 7.45. The van der Waals surface area contributed by atoms with Crippen molar-refractivity contribution < 1.29 is 9.53 Å². The summed E-state index contributed by atoms with van der Waals surface area (Å²) in [6.07, 6.45) is 1.69. The second kappa shape index (κ2) is 5.86. The van der Waals surface area contributed by atoms with Crippen LogP contribution >= 0.6 is 0 Å². The number of methoxy groups -OCH3 is 1. The smallest absolute Gasteiger partial charge is 0.255 e. The number of amides is 1. The Morgan fingerprint density at radius 2 is 2.21 bits per heavy atom. The summed E-state index contributed by atoms with van der Waals surface area (Å²) in [7, 11) is 1.50. The van der Waals surface area contributed by atoms with Crippen molar-refractivity contribution in [2.24, 2.45) is 0 Å². The second-order valence-electron chi connectivity index (χ2n) is 3.96. The standard InChI is InChI=1S/C14H15N3O2/c1-19-13-8-10(15)5-6-12(13)14(18)17-9-11-4-2-3-7-16-11/h2-8H,9,15H2,1H3,(H,17,18). The van der Waals surface area contributed by atoms with Gasteiger partial charge >= 0.3 is 0 Å². The van der Waals surface area contributed by atoms with Gasteiger partial charge in [-0.1, -0.05) is 6.07 Å². The van der Waals surface area contributed by atoms with Gasteiger partial charge in [0.2, 0.25) is 0 Å². The summed E-state index contributed by atoms with van der Waals surface area (Å²) in [4.78, 5) is 16.2. The molecule has 1 heterocycles. The highest BCUT2D eigenvalue weighted by molar-refractivity contribution is 5.97. The van der Waals surface area contributed by atoms with Gasteiger partial charge in [0.15, 0.2) is 0 Å². The third kappa shape index (κ3) is 3.22. The van der Waals surface area contributed by atoms with Gasteiger partial charge in [0.1, 0.15) is 5.75 Å². The molecule has 0 aliphatic rings. The molecule has 5 nitrogen and oxygen atoms in total. The summed E-state index contributed by atoms with van der Waals surface area (Å²) in [5, 5.41) is 2.79. The normalized spacial score (nSPS) is 9.95. The lowest BCUT2D eigenvalue weighted by atomic mass is 10.1. The van der Waals surface area contributed by atoms with Crippen LogP contribution in [0, 0.1) is 0 Å². The van der Waals surface area contributed by atoms with Crippen molar-refractivity contribution in [1.29, 1.82) is 0 Å². The Labute approximate surface area is 111 Å². The minimum absolute atomic E-state index is 0.220. The lowest BCUT2D eigenvalue weighted by molar-refractivity contribution is 0.0947. The molecule has 2 rings (SSSR count). The van der Waals surface area contributed by atoms with Crippen molar-refractivity contribution in [2.75, 3.05) is 12.8 Å². The summed E-state index contributed by atoms with van der Waals surface area (Å²) in [6.45, 7) is 0.368. The molecule has 0 saturated heterocycles. The zero-order valence-corrected chi connectivity index (χ0v) is 10.6. The molecule has 0 aliphatic heterocycles. The number of hydrogen-bond acceptors (Lipinski definition) is 4. The van der Waals surface area contributed by atoms with Gasteiger partial charge in [-0.25, -0.2) is 0 Å². The quantitative estimate of drug-likeness (QED) is 0.816. The molecule has 0 atom stereocenters. The predicted molar refractivity (Wildman–Crippen MR) is 72.8 cm³/mol. The number of carbonyl (C=O) groups is 1. The maximum Gasteiger partial charge on any atom is 0.255 e.